The smallest absolute Gasteiger partial charge is 0.292 e. The lowest BCUT2D eigenvalue weighted by Gasteiger charge is -2.13. The summed E-state index contributed by atoms with van der Waals surface area (Å²) in [4.78, 5) is 32.4. The molecule has 0 saturated heterocycles. The molecule has 0 saturated carbocycles. The second-order valence-electron chi connectivity index (χ2n) is 7.40. The minimum atomic E-state index is -0.342. The summed E-state index contributed by atoms with van der Waals surface area (Å²) in [6, 6.07) is 13.6. The molecule has 1 amide bonds. The van der Waals surface area contributed by atoms with Gasteiger partial charge in [-0.25, -0.2) is 4.98 Å². The van der Waals surface area contributed by atoms with E-state index in [1.54, 1.807) is 16.8 Å². The van der Waals surface area contributed by atoms with E-state index in [0.29, 0.717) is 5.69 Å². The molecule has 0 fully saturated rings. The topological polar surface area (TPSA) is 79.3 Å². The highest BCUT2D eigenvalue weighted by atomic mass is 79.9. The number of carbonyl (C=O) groups is 1. The Morgan fingerprint density at radius 3 is 2.53 bits per heavy atom. The van der Waals surface area contributed by atoms with E-state index in [2.05, 4.69) is 31.2 Å². The normalized spacial score (nSPS) is 12.1. The number of hydrogen-bond acceptors (Lipinski definition) is 3. The molecule has 30 heavy (non-hydrogen) atoms. The van der Waals surface area contributed by atoms with E-state index in [4.69, 9.17) is 0 Å². The van der Waals surface area contributed by atoms with E-state index >= 15 is 0 Å². The minimum Gasteiger partial charge on any atom is -0.344 e. The third-order valence-corrected chi connectivity index (χ3v) is 5.75. The van der Waals surface area contributed by atoms with Gasteiger partial charge in [-0.2, -0.15) is 0 Å². The third-order valence-electron chi connectivity index (χ3n) is 5.22. The molecular weight excluding hydrogens is 444 g/mol. The number of aryl methyl sites for hydroxylation is 2. The van der Waals surface area contributed by atoms with Crippen molar-refractivity contribution in [3.8, 4) is 11.3 Å². The molecule has 4 aromatic rings. The Hall–Kier alpha value is -3.19. The van der Waals surface area contributed by atoms with Crippen molar-refractivity contribution in [3.63, 3.8) is 0 Å². The second-order valence-corrected chi connectivity index (χ2v) is 8.32. The number of halogens is 1. The third kappa shape index (κ3) is 3.93. The van der Waals surface area contributed by atoms with Crippen molar-refractivity contribution in [1.29, 1.82) is 0 Å². The van der Waals surface area contributed by atoms with Crippen LogP contribution in [0.4, 0.5) is 0 Å². The molecule has 2 aromatic carbocycles. The van der Waals surface area contributed by atoms with Crippen LogP contribution in [0.2, 0.25) is 0 Å². The number of nitrogens with zero attached hydrogens (tertiary/aromatic N) is 2. The number of aromatic nitrogens is 3. The average molecular weight is 465 g/mol. The van der Waals surface area contributed by atoms with Crippen LogP contribution in [0, 0.1) is 13.8 Å². The van der Waals surface area contributed by atoms with E-state index < -0.39 is 0 Å². The highest BCUT2D eigenvalue weighted by Gasteiger charge is 2.16. The highest BCUT2D eigenvalue weighted by molar-refractivity contribution is 9.10. The Kier molecular flexibility index (Phi) is 5.30. The summed E-state index contributed by atoms with van der Waals surface area (Å²) in [7, 11) is 0. The van der Waals surface area contributed by atoms with Crippen LogP contribution in [-0.2, 0) is 0 Å². The zero-order valence-corrected chi connectivity index (χ0v) is 18.4. The molecule has 2 N–H and O–H groups in total. The molecule has 6 nitrogen and oxygen atoms in total. The van der Waals surface area contributed by atoms with Crippen molar-refractivity contribution in [3.05, 3.63) is 92.1 Å². The molecule has 0 unspecified atom stereocenters. The molecule has 0 bridgehead atoms. The first-order valence-electron chi connectivity index (χ1n) is 9.58. The van der Waals surface area contributed by atoms with Gasteiger partial charge in [-0.3, -0.25) is 14.0 Å². The number of benzene rings is 2. The van der Waals surface area contributed by atoms with Crippen LogP contribution in [0.15, 0.2) is 64.1 Å². The zero-order valence-electron chi connectivity index (χ0n) is 16.9. The maximum absolute atomic E-state index is 12.7. The van der Waals surface area contributed by atoms with Crippen LogP contribution in [0.5, 0.6) is 0 Å². The van der Waals surface area contributed by atoms with E-state index in [1.807, 2.05) is 63.2 Å². The average Bonchev–Trinajstić information content (AvgIpc) is 3.15. The minimum absolute atomic E-state index is 0.184. The van der Waals surface area contributed by atoms with E-state index in [9.17, 15) is 9.59 Å². The summed E-state index contributed by atoms with van der Waals surface area (Å²) in [6.07, 6.45) is 3.36. The van der Waals surface area contributed by atoms with Gasteiger partial charge >= 0.3 is 0 Å². The molecule has 2 aromatic heterocycles. The lowest BCUT2D eigenvalue weighted by Crippen LogP contribution is -2.26. The number of rotatable bonds is 4. The Labute approximate surface area is 182 Å². The molecule has 4 rings (SSSR count). The van der Waals surface area contributed by atoms with E-state index in [-0.39, 0.29) is 28.8 Å². The van der Waals surface area contributed by atoms with Gasteiger partial charge in [-0.1, -0.05) is 40.2 Å². The summed E-state index contributed by atoms with van der Waals surface area (Å²) < 4.78 is 2.58. The first-order chi connectivity index (χ1) is 14.3. The van der Waals surface area contributed by atoms with Gasteiger partial charge < -0.3 is 10.3 Å². The quantitative estimate of drug-likeness (QED) is 0.464. The van der Waals surface area contributed by atoms with E-state index in [1.165, 1.54) is 5.56 Å². The summed E-state index contributed by atoms with van der Waals surface area (Å²) in [6.45, 7) is 5.98. The van der Waals surface area contributed by atoms with Crippen molar-refractivity contribution in [1.82, 2.24) is 19.7 Å². The van der Waals surface area contributed by atoms with Gasteiger partial charge in [0.05, 0.1) is 11.7 Å². The van der Waals surface area contributed by atoms with Crippen molar-refractivity contribution in [2.75, 3.05) is 0 Å². The van der Waals surface area contributed by atoms with Crippen LogP contribution in [-0.4, -0.2) is 20.3 Å². The molecule has 0 aliphatic carbocycles. The largest absolute Gasteiger partial charge is 0.344 e. The first kappa shape index (κ1) is 20.1. The molecular formula is C23H21BrN4O2. The van der Waals surface area contributed by atoms with Gasteiger partial charge in [-0.15, -0.1) is 0 Å². The van der Waals surface area contributed by atoms with Gasteiger partial charge in [0.15, 0.2) is 0 Å². The van der Waals surface area contributed by atoms with Crippen LogP contribution in [0.3, 0.4) is 0 Å². The number of hydrogen-bond donors (Lipinski definition) is 2. The number of nitrogens with one attached hydrogen (secondary N) is 2. The van der Waals surface area contributed by atoms with E-state index in [0.717, 1.165) is 21.2 Å². The monoisotopic (exact) mass is 464 g/mol. The van der Waals surface area contributed by atoms with Gasteiger partial charge in [0.2, 0.25) is 5.65 Å². The lowest BCUT2D eigenvalue weighted by molar-refractivity contribution is 0.0935. The predicted octanol–water partition coefficient (Wildman–Crippen LogP) is 4.56. The van der Waals surface area contributed by atoms with Crippen molar-refractivity contribution < 1.29 is 4.79 Å². The van der Waals surface area contributed by atoms with Crippen LogP contribution in [0.25, 0.3) is 16.9 Å². The van der Waals surface area contributed by atoms with Gasteiger partial charge in [0.1, 0.15) is 5.69 Å². The fourth-order valence-electron chi connectivity index (χ4n) is 3.28. The molecule has 152 valence electrons. The summed E-state index contributed by atoms with van der Waals surface area (Å²) in [5.41, 5.74) is 4.91. The van der Waals surface area contributed by atoms with Crippen molar-refractivity contribution in [2.24, 2.45) is 0 Å². The number of H-pyrrole nitrogens is 1. The molecule has 1 atom stereocenters. The lowest BCUT2D eigenvalue weighted by atomic mass is 10.0. The summed E-state index contributed by atoms with van der Waals surface area (Å²) in [5, 5.41) is 2.93. The number of imidazole rings is 1. The molecule has 2 heterocycles. The standard InChI is InChI=1S/C23H21BrN4O2/c1-13-4-5-17(10-14(13)2)19-11-28-12-20(26-21(28)23(30)27-19)22(29)25-15(3)16-6-8-18(24)9-7-16/h4-12,15H,1-3H3,(H,25,29)(H,27,30)/t15-/m1/s1. The van der Waals surface area contributed by atoms with Crippen LogP contribution >= 0.6 is 15.9 Å². The zero-order chi connectivity index (χ0) is 21.4. The fourth-order valence-corrected chi connectivity index (χ4v) is 3.54. The Balaban J connectivity index is 1.63. The van der Waals surface area contributed by atoms with Gasteiger partial charge in [-0.05, 0) is 61.2 Å². The Morgan fingerprint density at radius 1 is 1.10 bits per heavy atom. The van der Waals surface area contributed by atoms with Crippen molar-refractivity contribution >= 4 is 27.5 Å². The Bertz CT molecular complexity index is 1310. The molecule has 0 aliphatic rings. The molecule has 0 spiro atoms. The van der Waals surface area contributed by atoms with Crippen LogP contribution < -0.4 is 10.9 Å². The highest BCUT2D eigenvalue weighted by Crippen LogP contribution is 2.20. The van der Waals surface area contributed by atoms with Gasteiger partial charge in [0.25, 0.3) is 11.5 Å². The summed E-state index contributed by atoms with van der Waals surface area (Å²) in [5.74, 6) is -0.332. The fraction of sp³-hybridized carbons (Fsp3) is 0.174. The number of amides is 1. The number of carbonyl (C=O) groups excluding carboxylic acids is 1. The number of aromatic amines is 1. The van der Waals surface area contributed by atoms with Crippen LogP contribution in [0.1, 0.15) is 40.1 Å². The first-order valence-corrected chi connectivity index (χ1v) is 10.4. The Morgan fingerprint density at radius 2 is 1.83 bits per heavy atom. The SMILES string of the molecule is Cc1ccc(-c2cn3cc(C(=O)N[C@H](C)c4ccc(Br)cc4)nc3c(=O)[nH]2)cc1C. The number of fused-ring (bicyclic) bond motifs is 1. The van der Waals surface area contributed by atoms with Gasteiger partial charge in [0, 0.05) is 16.9 Å². The van der Waals surface area contributed by atoms with Crippen molar-refractivity contribution in [2.45, 2.75) is 26.8 Å². The maximum Gasteiger partial charge on any atom is 0.292 e. The predicted molar refractivity (Wildman–Crippen MR) is 121 cm³/mol. The second kappa shape index (κ2) is 7.91. The molecule has 0 aliphatic heterocycles. The molecule has 0 radical (unpaired) electrons. The maximum atomic E-state index is 12.7. The summed E-state index contributed by atoms with van der Waals surface area (Å²) >= 11 is 3.41. The molecule has 7 heteroatoms.